The molecule has 1 fully saturated rings. The van der Waals surface area contributed by atoms with Gasteiger partial charge >= 0.3 is 11.9 Å². The lowest BCUT2D eigenvalue weighted by molar-refractivity contribution is -0.192. The quantitative estimate of drug-likeness (QED) is 0.316. The molecule has 0 aliphatic carbocycles. The normalized spacial score (nSPS) is 22.8. The zero-order chi connectivity index (χ0) is 22.1. The lowest BCUT2D eigenvalue weighted by Gasteiger charge is -2.55. The summed E-state index contributed by atoms with van der Waals surface area (Å²) >= 11 is 1.18. The van der Waals surface area contributed by atoms with Gasteiger partial charge in [0.05, 0.1) is 0 Å². The molecule has 1 aromatic heterocycles. The van der Waals surface area contributed by atoms with E-state index in [9.17, 15) is 29.1 Å². The number of rotatable bonds is 7. The van der Waals surface area contributed by atoms with Crippen molar-refractivity contribution in [1.82, 2.24) is 14.8 Å². The van der Waals surface area contributed by atoms with E-state index in [2.05, 4.69) is 5.32 Å². The molecule has 2 aliphatic heterocycles. The van der Waals surface area contributed by atoms with Crippen LogP contribution in [0.3, 0.4) is 0 Å². The molecule has 0 bridgehead atoms. The molecule has 2 aliphatic rings. The molecule has 0 saturated carbocycles. The number of carboxylic acid groups (broad SMARTS) is 1. The number of β-lactam (4-membered cyclic amide) rings is 1. The van der Waals surface area contributed by atoms with Crippen molar-refractivity contribution in [2.24, 2.45) is 0 Å². The van der Waals surface area contributed by atoms with Crippen LogP contribution in [0, 0.1) is 0 Å². The van der Waals surface area contributed by atoms with E-state index >= 15 is 0 Å². The smallest absolute Gasteiger partial charge is 0.352 e. The highest BCUT2D eigenvalue weighted by Crippen LogP contribution is 2.46. The number of hydrogen-bond donors (Lipinski definition) is 2. The van der Waals surface area contributed by atoms with E-state index in [1.165, 1.54) is 54.9 Å². The number of amides is 2. The first-order valence-corrected chi connectivity index (χ1v) is 9.80. The minimum atomic E-state index is -1.73. The number of hydrogen-bond acceptors (Lipinski definition) is 8. The van der Waals surface area contributed by atoms with Crippen molar-refractivity contribution in [1.29, 1.82) is 0 Å². The summed E-state index contributed by atoms with van der Waals surface area (Å²) in [6.45, 7) is 0.775. The van der Waals surface area contributed by atoms with Gasteiger partial charge in [-0.3, -0.25) is 24.1 Å². The van der Waals surface area contributed by atoms with Crippen molar-refractivity contribution in [3.05, 3.63) is 46.0 Å². The second-order valence-corrected chi connectivity index (χ2v) is 7.64. The molecule has 12 heteroatoms. The maximum atomic E-state index is 12.9. The Morgan fingerprint density at radius 3 is 2.53 bits per heavy atom. The second-order valence-electron chi connectivity index (χ2n) is 6.57. The number of carboxylic acids is 1. The summed E-state index contributed by atoms with van der Waals surface area (Å²) in [6, 6.07) is 2.59. The molecule has 1 aromatic rings. The predicted octanol–water partition coefficient (Wildman–Crippen LogP) is -0.876. The molecule has 2 atom stereocenters. The Balaban J connectivity index is 1.80. The molecule has 2 amide bonds. The fourth-order valence-corrected chi connectivity index (χ4v) is 4.62. The topological polar surface area (TPSA) is 144 Å². The number of pyridine rings is 1. The van der Waals surface area contributed by atoms with Gasteiger partial charge in [-0.15, -0.1) is 11.8 Å². The van der Waals surface area contributed by atoms with Gasteiger partial charge in [0.1, 0.15) is 24.2 Å². The van der Waals surface area contributed by atoms with E-state index < -0.39 is 34.9 Å². The standard InChI is InChI=1S/C18H19N3O8S/c1-10(22)29-8-11-9-30-17-18(28-2,16(27)21(17)14(11)15(25)26)19-13(24)7-20-5-3-12(23)4-6-20/h3-6,17H,7-9H2,1-2H3,(H,19,24)(H,25,26)/t17-,18-/m1/s1. The molecular formula is C18H19N3O8S. The highest BCUT2D eigenvalue weighted by atomic mass is 32.2. The lowest BCUT2D eigenvalue weighted by Crippen LogP contribution is -2.80. The van der Waals surface area contributed by atoms with Crippen LogP contribution in [0.1, 0.15) is 6.92 Å². The molecule has 0 radical (unpaired) electrons. The molecule has 11 nitrogen and oxygen atoms in total. The number of aliphatic carboxylic acids is 1. The molecule has 0 spiro atoms. The first-order valence-electron chi connectivity index (χ1n) is 8.76. The Hall–Kier alpha value is -3.12. The van der Waals surface area contributed by atoms with E-state index in [1.807, 2.05) is 0 Å². The van der Waals surface area contributed by atoms with Crippen molar-refractivity contribution in [2.75, 3.05) is 19.5 Å². The van der Waals surface area contributed by atoms with Crippen LogP contribution in [-0.4, -0.2) is 68.9 Å². The third-order valence-electron chi connectivity index (χ3n) is 4.60. The summed E-state index contributed by atoms with van der Waals surface area (Å²) in [5, 5.41) is 11.3. The SMILES string of the molecule is CO[C@]1(NC(=O)Cn2ccc(=O)cc2)C(=O)N2C(C(=O)O)=C(COC(C)=O)CS[C@@H]21. The molecular weight excluding hydrogens is 418 g/mol. The number of esters is 1. The van der Waals surface area contributed by atoms with E-state index in [0.717, 1.165) is 4.90 Å². The van der Waals surface area contributed by atoms with Gasteiger partial charge in [-0.2, -0.15) is 0 Å². The Morgan fingerprint density at radius 1 is 1.30 bits per heavy atom. The van der Waals surface area contributed by atoms with Gasteiger partial charge in [0.2, 0.25) is 5.91 Å². The number of ether oxygens (including phenoxy) is 2. The number of aromatic nitrogens is 1. The molecule has 2 N–H and O–H groups in total. The summed E-state index contributed by atoms with van der Waals surface area (Å²) in [7, 11) is 1.24. The highest BCUT2D eigenvalue weighted by Gasteiger charge is 2.66. The zero-order valence-corrected chi connectivity index (χ0v) is 16.9. The van der Waals surface area contributed by atoms with Crippen LogP contribution in [0.2, 0.25) is 0 Å². The number of fused-ring (bicyclic) bond motifs is 1. The Morgan fingerprint density at radius 2 is 1.97 bits per heavy atom. The predicted molar refractivity (Wildman–Crippen MR) is 103 cm³/mol. The first-order chi connectivity index (χ1) is 14.2. The molecule has 30 heavy (non-hydrogen) atoms. The minimum Gasteiger partial charge on any atom is -0.477 e. The summed E-state index contributed by atoms with van der Waals surface area (Å²) in [5.74, 6) is -3.05. The van der Waals surface area contributed by atoms with Crippen LogP contribution < -0.4 is 10.7 Å². The van der Waals surface area contributed by atoms with Crippen LogP contribution in [0.25, 0.3) is 0 Å². The number of nitrogens with one attached hydrogen (secondary N) is 1. The number of carbonyl (C=O) groups is 4. The highest BCUT2D eigenvalue weighted by molar-refractivity contribution is 8.00. The van der Waals surface area contributed by atoms with E-state index in [1.54, 1.807) is 0 Å². The molecule has 3 heterocycles. The van der Waals surface area contributed by atoms with E-state index in [0.29, 0.717) is 0 Å². The van der Waals surface area contributed by atoms with Gasteiger partial charge in [0.15, 0.2) is 5.43 Å². The Labute approximate surface area is 174 Å². The average Bonchev–Trinajstić information content (AvgIpc) is 2.70. The molecule has 160 valence electrons. The third kappa shape index (κ3) is 3.83. The number of nitrogens with zero attached hydrogens (tertiary/aromatic N) is 2. The lowest BCUT2D eigenvalue weighted by atomic mass is 9.98. The summed E-state index contributed by atoms with van der Waals surface area (Å²) in [5.41, 5.74) is -1.95. The number of carbonyl (C=O) groups excluding carboxylic acids is 3. The van der Waals surface area contributed by atoms with Crippen LogP contribution in [0.15, 0.2) is 40.6 Å². The summed E-state index contributed by atoms with van der Waals surface area (Å²) < 4.78 is 11.7. The fraction of sp³-hybridized carbons (Fsp3) is 0.389. The first kappa shape index (κ1) is 21.6. The van der Waals surface area contributed by atoms with Gasteiger partial charge in [-0.05, 0) is 0 Å². The van der Waals surface area contributed by atoms with Crippen molar-refractivity contribution in [3.63, 3.8) is 0 Å². The molecule has 0 aromatic carbocycles. The fourth-order valence-electron chi connectivity index (χ4n) is 3.20. The third-order valence-corrected chi connectivity index (χ3v) is 5.97. The maximum Gasteiger partial charge on any atom is 0.352 e. The number of methoxy groups -OCH3 is 1. The van der Waals surface area contributed by atoms with Gasteiger partial charge < -0.3 is 24.5 Å². The summed E-state index contributed by atoms with van der Waals surface area (Å²) in [6.07, 6.45) is 2.86. The largest absolute Gasteiger partial charge is 0.477 e. The Bertz CT molecular complexity index is 983. The van der Waals surface area contributed by atoms with E-state index in [4.69, 9.17) is 9.47 Å². The van der Waals surface area contributed by atoms with Gasteiger partial charge in [0.25, 0.3) is 11.6 Å². The molecule has 0 unspecified atom stereocenters. The van der Waals surface area contributed by atoms with Gasteiger partial charge in [-0.25, -0.2) is 4.79 Å². The van der Waals surface area contributed by atoms with Crippen molar-refractivity contribution in [3.8, 4) is 0 Å². The Kier molecular flexibility index (Phi) is 5.99. The zero-order valence-electron chi connectivity index (χ0n) is 16.1. The molecule has 1 saturated heterocycles. The minimum absolute atomic E-state index is 0.171. The van der Waals surface area contributed by atoms with Gasteiger partial charge in [0, 0.05) is 49.9 Å². The van der Waals surface area contributed by atoms with Crippen molar-refractivity contribution < 1.29 is 33.8 Å². The van der Waals surface area contributed by atoms with Gasteiger partial charge in [-0.1, -0.05) is 0 Å². The van der Waals surface area contributed by atoms with Crippen molar-refractivity contribution in [2.45, 2.75) is 24.6 Å². The van der Waals surface area contributed by atoms with E-state index in [-0.39, 0.29) is 35.6 Å². The molecule has 3 rings (SSSR count). The maximum absolute atomic E-state index is 12.9. The van der Waals surface area contributed by atoms with Crippen LogP contribution in [0.5, 0.6) is 0 Å². The van der Waals surface area contributed by atoms with Crippen LogP contribution in [-0.2, 0) is 35.2 Å². The van der Waals surface area contributed by atoms with Crippen molar-refractivity contribution >= 4 is 35.5 Å². The second kappa shape index (κ2) is 8.32. The number of thioether (sulfide) groups is 1. The van der Waals surface area contributed by atoms with Crippen LogP contribution in [0.4, 0.5) is 0 Å². The van der Waals surface area contributed by atoms with Crippen LogP contribution >= 0.6 is 11.8 Å². The average molecular weight is 437 g/mol. The summed E-state index contributed by atoms with van der Waals surface area (Å²) in [4.78, 5) is 60.4. The monoisotopic (exact) mass is 437 g/mol.